The average molecular weight is 393 g/mol. The summed E-state index contributed by atoms with van der Waals surface area (Å²) in [5, 5.41) is 17.9. The number of aliphatic carboxylic acids is 1. The molecule has 1 aromatic carbocycles. The lowest BCUT2D eigenvalue weighted by atomic mass is 10.0. The molecule has 1 aromatic rings. The third-order valence-electron chi connectivity index (χ3n) is 3.19. The maximum atomic E-state index is 13.9. The topological polar surface area (TPSA) is 107 Å². The molecule has 0 bridgehead atoms. The summed E-state index contributed by atoms with van der Waals surface area (Å²) in [5.74, 6) is -2.94. The van der Waals surface area contributed by atoms with E-state index >= 15 is 0 Å². The quantitative estimate of drug-likeness (QED) is 0.771. The molecular weight excluding hydrogens is 379 g/mol. The minimum atomic E-state index is -4.38. The van der Waals surface area contributed by atoms with Crippen LogP contribution in [0, 0.1) is 23.1 Å². The molecule has 2 atom stereocenters. The largest absolute Gasteiger partial charge is 0.480 e. The van der Waals surface area contributed by atoms with Gasteiger partial charge >= 0.3 is 5.97 Å². The Morgan fingerprint density at radius 2 is 2.14 bits per heavy atom. The van der Waals surface area contributed by atoms with Crippen LogP contribution in [0.3, 0.4) is 0 Å². The van der Waals surface area contributed by atoms with Gasteiger partial charge in [-0.3, -0.25) is 4.79 Å². The third kappa shape index (κ3) is 4.03. The number of rotatable bonds is 6. The maximum absolute atomic E-state index is 13.9. The highest BCUT2D eigenvalue weighted by Gasteiger charge is 2.31. The van der Waals surface area contributed by atoms with E-state index in [0.29, 0.717) is 6.42 Å². The Bertz CT molecular complexity index is 730. The fraction of sp³-hybridized carbons (Fsp3) is 0.385. The van der Waals surface area contributed by atoms with Crippen LogP contribution >= 0.6 is 15.9 Å². The van der Waals surface area contributed by atoms with E-state index in [1.54, 1.807) is 19.9 Å². The molecule has 0 heterocycles. The SMILES string of the molecule is CC[C@H](C)[C@H](NS(=O)(=O)c1cc(Br)c(C#N)cc1F)C(=O)O. The fourth-order valence-corrected chi connectivity index (χ4v) is 3.66. The molecule has 0 aliphatic heterocycles. The summed E-state index contributed by atoms with van der Waals surface area (Å²) in [6.07, 6.45) is 0.430. The molecule has 0 fully saturated rings. The zero-order chi connectivity index (χ0) is 17.1. The molecule has 0 unspecified atom stereocenters. The smallest absolute Gasteiger partial charge is 0.322 e. The molecule has 0 aromatic heterocycles. The van der Waals surface area contributed by atoms with Gasteiger partial charge in [0.25, 0.3) is 0 Å². The molecule has 0 saturated heterocycles. The lowest BCUT2D eigenvalue weighted by molar-refractivity contribution is -0.140. The van der Waals surface area contributed by atoms with Gasteiger partial charge in [-0.2, -0.15) is 9.98 Å². The first-order valence-electron chi connectivity index (χ1n) is 6.28. The minimum Gasteiger partial charge on any atom is -0.480 e. The molecule has 0 radical (unpaired) electrons. The zero-order valence-corrected chi connectivity index (χ0v) is 14.2. The highest BCUT2D eigenvalue weighted by molar-refractivity contribution is 9.10. The Morgan fingerprint density at radius 1 is 1.55 bits per heavy atom. The lowest BCUT2D eigenvalue weighted by Crippen LogP contribution is -2.45. The molecule has 0 saturated carbocycles. The van der Waals surface area contributed by atoms with Gasteiger partial charge in [0.15, 0.2) is 0 Å². The second-order valence-corrected chi connectivity index (χ2v) is 7.23. The van der Waals surface area contributed by atoms with Gasteiger partial charge in [0, 0.05) is 4.47 Å². The highest BCUT2D eigenvalue weighted by Crippen LogP contribution is 2.24. The number of carboxylic acids is 1. The molecule has 0 spiro atoms. The Hall–Kier alpha value is -1.50. The van der Waals surface area contributed by atoms with E-state index < -0.39 is 38.7 Å². The molecule has 6 nitrogen and oxygen atoms in total. The number of carbonyl (C=O) groups is 1. The van der Waals surface area contributed by atoms with Crippen LogP contribution in [0.15, 0.2) is 21.5 Å². The molecule has 1 rings (SSSR count). The van der Waals surface area contributed by atoms with Crippen molar-refractivity contribution in [1.29, 1.82) is 5.26 Å². The maximum Gasteiger partial charge on any atom is 0.322 e. The molecule has 9 heteroatoms. The highest BCUT2D eigenvalue weighted by atomic mass is 79.9. The van der Waals surface area contributed by atoms with Crippen molar-refractivity contribution in [3.05, 3.63) is 28.0 Å². The predicted octanol–water partition coefficient (Wildman–Crippen LogP) is 2.24. The van der Waals surface area contributed by atoms with Gasteiger partial charge in [0.05, 0.1) is 5.56 Å². The van der Waals surface area contributed by atoms with Crippen molar-refractivity contribution in [1.82, 2.24) is 4.72 Å². The van der Waals surface area contributed by atoms with Crippen molar-refractivity contribution in [3.8, 4) is 6.07 Å². The number of nitrogens with zero attached hydrogens (tertiary/aromatic N) is 1. The van der Waals surface area contributed by atoms with E-state index in [4.69, 9.17) is 10.4 Å². The van der Waals surface area contributed by atoms with Gasteiger partial charge in [0.1, 0.15) is 22.8 Å². The summed E-state index contributed by atoms with van der Waals surface area (Å²) in [6.45, 7) is 3.29. The van der Waals surface area contributed by atoms with Gasteiger partial charge in [-0.25, -0.2) is 12.8 Å². The van der Waals surface area contributed by atoms with E-state index in [-0.39, 0.29) is 10.0 Å². The third-order valence-corrected chi connectivity index (χ3v) is 5.30. The minimum absolute atomic E-state index is 0.0619. The van der Waals surface area contributed by atoms with Gasteiger partial charge in [-0.05, 0) is 34.0 Å². The summed E-state index contributed by atoms with van der Waals surface area (Å²) >= 11 is 2.97. The standard InChI is InChI=1S/C13H14BrFN2O4S/c1-3-7(2)12(13(18)19)17-22(20,21)11-5-9(14)8(6-16)4-10(11)15/h4-5,7,12,17H,3H2,1-2H3,(H,18,19)/t7-,12-/m0/s1. The number of hydrogen-bond donors (Lipinski definition) is 2. The first-order chi connectivity index (χ1) is 10.1. The van der Waals surface area contributed by atoms with E-state index in [1.807, 2.05) is 4.72 Å². The van der Waals surface area contributed by atoms with Crippen LogP contribution in [0.4, 0.5) is 4.39 Å². The Kier molecular flexibility index (Phi) is 6.05. The van der Waals surface area contributed by atoms with Gasteiger partial charge in [-0.1, -0.05) is 20.3 Å². The number of carboxylic acid groups (broad SMARTS) is 1. The van der Waals surface area contributed by atoms with Crippen molar-refractivity contribution in [2.45, 2.75) is 31.2 Å². The lowest BCUT2D eigenvalue weighted by Gasteiger charge is -2.20. The van der Waals surface area contributed by atoms with Crippen molar-refractivity contribution >= 4 is 31.9 Å². The number of hydrogen-bond acceptors (Lipinski definition) is 4. The van der Waals surface area contributed by atoms with Crippen LogP contribution in [-0.2, 0) is 14.8 Å². The molecule has 120 valence electrons. The van der Waals surface area contributed by atoms with E-state index in [2.05, 4.69) is 15.9 Å². The van der Waals surface area contributed by atoms with E-state index in [0.717, 1.165) is 12.1 Å². The van der Waals surface area contributed by atoms with Crippen LogP contribution in [0.1, 0.15) is 25.8 Å². The number of sulfonamides is 1. The Morgan fingerprint density at radius 3 is 2.59 bits per heavy atom. The second kappa shape index (κ2) is 7.17. The second-order valence-electron chi connectivity index (χ2n) is 4.70. The van der Waals surface area contributed by atoms with Crippen molar-refractivity contribution in [2.24, 2.45) is 5.92 Å². The monoisotopic (exact) mass is 392 g/mol. The Labute approximate surface area is 136 Å². The number of halogens is 2. The van der Waals surface area contributed by atoms with Crippen LogP contribution in [0.2, 0.25) is 0 Å². The predicted molar refractivity (Wildman–Crippen MR) is 80.0 cm³/mol. The summed E-state index contributed by atoms with van der Waals surface area (Å²) in [7, 11) is -4.38. The van der Waals surface area contributed by atoms with Gasteiger partial charge < -0.3 is 5.11 Å². The normalized spacial score (nSPS) is 14.1. The summed E-state index contributed by atoms with van der Waals surface area (Å²) in [4.78, 5) is 10.5. The summed E-state index contributed by atoms with van der Waals surface area (Å²) < 4.78 is 40.5. The number of nitrogens with one attached hydrogen (secondary N) is 1. The van der Waals surface area contributed by atoms with E-state index in [9.17, 15) is 17.6 Å². The van der Waals surface area contributed by atoms with Crippen LogP contribution in [0.5, 0.6) is 0 Å². The first kappa shape index (κ1) is 18.5. The molecule has 2 N–H and O–H groups in total. The summed E-state index contributed by atoms with van der Waals surface area (Å²) in [5.41, 5.74) is -0.0619. The molecule has 22 heavy (non-hydrogen) atoms. The number of benzene rings is 1. The zero-order valence-electron chi connectivity index (χ0n) is 11.8. The molecular formula is C13H14BrFN2O4S. The summed E-state index contributed by atoms with van der Waals surface area (Å²) in [6, 6.07) is 2.05. The van der Waals surface area contributed by atoms with Crippen molar-refractivity contribution < 1.29 is 22.7 Å². The van der Waals surface area contributed by atoms with Crippen LogP contribution in [-0.4, -0.2) is 25.5 Å². The van der Waals surface area contributed by atoms with E-state index in [1.165, 1.54) is 0 Å². The van der Waals surface area contributed by atoms with Crippen LogP contribution < -0.4 is 4.72 Å². The van der Waals surface area contributed by atoms with Crippen LogP contribution in [0.25, 0.3) is 0 Å². The Balaban J connectivity index is 3.28. The number of nitriles is 1. The van der Waals surface area contributed by atoms with Gasteiger partial charge in [-0.15, -0.1) is 0 Å². The van der Waals surface area contributed by atoms with Gasteiger partial charge in [0.2, 0.25) is 10.0 Å². The molecule has 0 aliphatic rings. The average Bonchev–Trinajstić information content (AvgIpc) is 2.45. The van der Waals surface area contributed by atoms with Crippen molar-refractivity contribution in [3.63, 3.8) is 0 Å². The molecule has 0 amide bonds. The first-order valence-corrected chi connectivity index (χ1v) is 8.56. The van der Waals surface area contributed by atoms with Crippen molar-refractivity contribution in [2.75, 3.05) is 0 Å². The fourth-order valence-electron chi connectivity index (χ4n) is 1.70. The molecule has 0 aliphatic carbocycles.